The van der Waals surface area contributed by atoms with Crippen LogP contribution in [0.3, 0.4) is 0 Å². The van der Waals surface area contributed by atoms with E-state index in [1.807, 2.05) is 29.2 Å². The molecule has 0 atom stereocenters. The molecule has 2 fully saturated rings. The van der Waals surface area contributed by atoms with Crippen molar-refractivity contribution in [1.29, 1.82) is 0 Å². The van der Waals surface area contributed by atoms with Crippen LogP contribution in [0.25, 0.3) is 11.4 Å². The molecule has 0 radical (unpaired) electrons. The Balaban J connectivity index is 1.46. The van der Waals surface area contributed by atoms with E-state index in [0.29, 0.717) is 37.7 Å². The summed E-state index contributed by atoms with van der Waals surface area (Å²) in [4.78, 5) is 26.5. The first-order chi connectivity index (χ1) is 16.1. The zero-order valence-electron chi connectivity index (χ0n) is 19.4. The number of amides is 1. The van der Waals surface area contributed by atoms with Gasteiger partial charge in [-0.3, -0.25) is 14.2 Å². The van der Waals surface area contributed by atoms with Gasteiger partial charge in [0.15, 0.2) is 11.0 Å². The minimum atomic E-state index is -0.178. The van der Waals surface area contributed by atoms with Crippen molar-refractivity contribution in [2.24, 2.45) is 5.92 Å². The number of benzene rings is 1. The standard InChI is InChI=1S/C24H32N4O4S/c1-31-20-10-8-17(9-11-20)22-25-26-24(28(22)19-6-4-3-5-7-19)33-16-21(29)27-14-12-18(13-15-27)23(30)32-2/h8-11,18-19H,3-7,12-16H2,1-2H3. The van der Waals surface area contributed by atoms with Crippen LogP contribution in [-0.4, -0.2) is 64.6 Å². The lowest BCUT2D eigenvalue weighted by Gasteiger charge is -2.30. The van der Waals surface area contributed by atoms with Crippen LogP contribution in [0.1, 0.15) is 51.0 Å². The van der Waals surface area contributed by atoms with E-state index >= 15 is 0 Å². The van der Waals surface area contributed by atoms with Crippen molar-refractivity contribution in [3.8, 4) is 17.1 Å². The highest BCUT2D eigenvalue weighted by Crippen LogP contribution is 2.36. The number of ether oxygens (including phenoxy) is 2. The van der Waals surface area contributed by atoms with Gasteiger partial charge in [-0.2, -0.15) is 0 Å². The fraction of sp³-hybridized carbons (Fsp3) is 0.583. The van der Waals surface area contributed by atoms with Crippen LogP contribution >= 0.6 is 11.8 Å². The van der Waals surface area contributed by atoms with E-state index in [-0.39, 0.29) is 17.8 Å². The van der Waals surface area contributed by atoms with E-state index < -0.39 is 0 Å². The lowest BCUT2D eigenvalue weighted by Crippen LogP contribution is -2.41. The second-order valence-electron chi connectivity index (χ2n) is 8.66. The summed E-state index contributed by atoms with van der Waals surface area (Å²) in [5.41, 5.74) is 0.997. The smallest absolute Gasteiger partial charge is 0.308 e. The van der Waals surface area contributed by atoms with E-state index in [0.717, 1.165) is 35.1 Å². The summed E-state index contributed by atoms with van der Waals surface area (Å²) in [5.74, 6) is 1.76. The Hall–Kier alpha value is -2.55. The first kappa shape index (κ1) is 23.6. The van der Waals surface area contributed by atoms with Gasteiger partial charge in [0.05, 0.1) is 25.9 Å². The molecule has 1 aliphatic heterocycles. The second-order valence-corrected chi connectivity index (χ2v) is 9.61. The molecule has 9 heteroatoms. The second kappa shape index (κ2) is 11.0. The topological polar surface area (TPSA) is 86.6 Å². The fourth-order valence-electron chi connectivity index (χ4n) is 4.73. The number of rotatable bonds is 7. The number of carbonyl (C=O) groups excluding carboxylic acids is 2. The summed E-state index contributed by atoms with van der Waals surface area (Å²) in [6.07, 6.45) is 7.17. The number of methoxy groups -OCH3 is 2. The highest BCUT2D eigenvalue weighted by molar-refractivity contribution is 7.99. The van der Waals surface area contributed by atoms with Crippen LogP contribution in [0.15, 0.2) is 29.4 Å². The summed E-state index contributed by atoms with van der Waals surface area (Å²) < 4.78 is 12.4. The number of nitrogens with zero attached hydrogens (tertiary/aromatic N) is 4. The number of hydrogen-bond acceptors (Lipinski definition) is 7. The van der Waals surface area contributed by atoms with Crippen molar-refractivity contribution in [3.05, 3.63) is 24.3 Å². The van der Waals surface area contributed by atoms with Crippen LogP contribution in [0, 0.1) is 5.92 Å². The van der Waals surface area contributed by atoms with Gasteiger partial charge >= 0.3 is 5.97 Å². The normalized spacial score (nSPS) is 17.7. The predicted octanol–water partition coefficient (Wildman–Crippen LogP) is 3.96. The fourth-order valence-corrected chi connectivity index (χ4v) is 5.64. The molecule has 2 heterocycles. The van der Waals surface area contributed by atoms with Gasteiger partial charge in [0, 0.05) is 24.7 Å². The summed E-state index contributed by atoms with van der Waals surface area (Å²) in [7, 11) is 3.07. The van der Waals surface area contributed by atoms with Crippen LogP contribution in [-0.2, 0) is 14.3 Å². The molecule has 1 saturated heterocycles. The maximum Gasteiger partial charge on any atom is 0.308 e. The molecule has 0 unspecified atom stereocenters. The molecule has 1 aliphatic carbocycles. The zero-order valence-corrected chi connectivity index (χ0v) is 20.2. The third-order valence-electron chi connectivity index (χ3n) is 6.66. The summed E-state index contributed by atoms with van der Waals surface area (Å²) in [6.45, 7) is 1.18. The lowest BCUT2D eigenvalue weighted by molar-refractivity contribution is -0.148. The number of piperidine rings is 1. The molecular weight excluding hydrogens is 440 g/mol. The van der Waals surface area contributed by atoms with Crippen molar-refractivity contribution in [3.63, 3.8) is 0 Å². The molecule has 0 spiro atoms. The Morgan fingerprint density at radius 3 is 2.33 bits per heavy atom. The first-order valence-electron chi connectivity index (χ1n) is 11.7. The van der Waals surface area contributed by atoms with E-state index in [1.54, 1.807) is 7.11 Å². The minimum Gasteiger partial charge on any atom is -0.497 e. The van der Waals surface area contributed by atoms with Crippen LogP contribution in [0.2, 0.25) is 0 Å². The quantitative estimate of drug-likeness (QED) is 0.445. The van der Waals surface area contributed by atoms with Gasteiger partial charge in [0.1, 0.15) is 5.75 Å². The Kier molecular flexibility index (Phi) is 7.90. The predicted molar refractivity (Wildman–Crippen MR) is 126 cm³/mol. The zero-order chi connectivity index (χ0) is 23.2. The summed E-state index contributed by atoms with van der Waals surface area (Å²) >= 11 is 1.46. The molecule has 4 rings (SSSR count). The van der Waals surface area contributed by atoms with Crippen LogP contribution < -0.4 is 4.74 Å². The Labute approximate surface area is 199 Å². The molecule has 2 aliphatic rings. The number of esters is 1. The molecule has 1 aromatic carbocycles. The number of hydrogen-bond donors (Lipinski definition) is 0. The van der Waals surface area contributed by atoms with Gasteiger partial charge in [-0.25, -0.2) is 0 Å². The van der Waals surface area contributed by atoms with Crippen molar-refractivity contribution in [2.75, 3.05) is 33.1 Å². The van der Waals surface area contributed by atoms with Gasteiger partial charge in [-0.05, 0) is 49.9 Å². The monoisotopic (exact) mass is 472 g/mol. The van der Waals surface area contributed by atoms with Gasteiger partial charge in [0.2, 0.25) is 5.91 Å². The number of thioether (sulfide) groups is 1. The molecule has 0 bridgehead atoms. The molecule has 178 valence electrons. The molecule has 8 nitrogen and oxygen atoms in total. The number of carbonyl (C=O) groups is 2. The third kappa shape index (κ3) is 5.51. The Bertz CT molecular complexity index is 948. The number of likely N-dealkylation sites (tertiary alicyclic amines) is 1. The molecule has 1 saturated carbocycles. The van der Waals surface area contributed by atoms with E-state index in [2.05, 4.69) is 14.8 Å². The SMILES string of the molecule is COC(=O)C1CCN(C(=O)CSc2nnc(-c3ccc(OC)cc3)n2C2CCCCC2)CC1. The lowest BCUT2D eigenvalue weighted by atomic mass is 9.95. The summed E-state index contributed by atoms with van der Waals surface area (Å²) in [6, 6.07) is 8.23. The van der Waals surface area contributed by atoms with E-state index in [9.17, 15) is 9.59 Å². The third-order valence-corrected chi connectivity index (χ3v) is 7.59. The molecule has 2 aromatic rings. The van der Waals surface area contributed by atoms with Crippen LogP contribution in [0.5, 0.6) is 5.75 Å². The summed E-state index contributed by atoms with van der Waals surface area (Å²) in [5, 5.41) is 9.80. The average Bonchev–Trinajstić information content (AvgIpc) is 3.31. The van der Waals surface area contributed by atoms with Gasteiger partial charge in [-0.15, -0.1) is 10.2 Å². The molecular formula is C24H32N4O4S. The van der Waals surface area contributed by atoms with Crippen molar-refractivity contribution < 1.29 is 19.1 Å². The van der Waals surface area contributed by atoms with Crippen LogP contribution in [0.4, 0.5) is 0 Å². The van der Waals surface area contributed by atoms with Crippen molar-refractivity contribution >= 4 is 23.6 Å². The van der Waals surface area contributed by atoms with Crippen molar-refractivity contribution in [2.45, 2.75) is 56.1 Å². The van der Waals surface area contributed by atoms with Gasteiger partial charge < -0.3 is 14.4 Å². The minimum absolute atomic E-state index is 0.0764. The highest BCUT2D eigenvalue weighted by atomic mass is 32.2. The molecule has 0 N–H and O–H groups in total. The largest absolute Gasteiger partial charge is 0.497 e. The van der Waals surface area contributed by atoms with Crippen molar-refractivity contribution in [1.82, 2.24) is 19.7 Å². The van der Waals surface area contributed by atoms with E-state index in [4.69, 9.17) is 9.47 Å². The van der Waals surface area contributed by atoms with Gasteiger partial charge in [-0.1, -0.05) is 31.0 Å². The maximum absolute atomic E-state index is 12.9. The molecule has 1 amide bonds. The average molecular weight is 473 g/mol. The highest BCUT2D eigenvalue weighted by Gasteiger charge is 2.29. The van der Waals surface area contributed by atoms with E-state index in [1.165, 1.54) is 38.1 Å². The maximum atomic E-state index is 12.9. The number of aromatic nitrogens is 3. The Morgan fingerprint density at radius 1 is 1.00 bits per heavy atom. The van der Waals surface area contributed by atoms with Gasteiger partial charge in [0.25, 0.3) is 0 Å². The Morgan fingerprint density at radius 2 is 1.70 bits per heavy atom. The first-order valence-corrected chi connectivity index (χ1v) is 12.7. The molecule has 1 aromatic heterocycles. The molecule has 33 heavy (non-hydrogen) atoms.